The van der Waals surface area contributed by atoms with E-state index < -0.39 is 10.9 Å². The van der Waals surface area contributed by atoms with Gasteiger partial charge in [0.15, 0.2) is 4.64 Å². The second kappa shape index (κ2) is 7.16. The fourth-order valence-electron chi connectivity index (χ4n) is 1.83. The van der Waals surface area contributed by atoms with Gasteiger partial charge in [-0.25, -0.2) is 4.79 Å². The van der Waals surface area contributed by atoms with E-state index in [9.17, 15) is 14.9 Å². The maximum atomic E-state index is 12.1. The molecule has 116 valence electrons. The Balaban J connectivity index is 3.59. The number of nitrogens with zero attached hydrogens (tertiary/aromatic N) is 1. The molecule has 1 aromatic rings. The Kier molecular flexibility index (Phi) is 5.83. The molecular weight excluding hydrogens is 294 g/mol. The number of H-pyrrole nitrogens is 1. The minimum atomic E-state index is -0.616. The lowest BCUT2D eigenvalue weighted by Gasteiger charge is -2.17. The molecule has 0 aliphatic carbocycles. The van der Waals surface area contributed by atoms with Crippen LogP contribution >= 0.6 is 12.2 Å². The van der Waals surface area contributed by atoms with E-state index in [1.165, 1.54) is 0 Å². The first-order chi connectivity index (χ1) is 9.83. The number of aryl methyl sites for hydroxylation is 1. The van der Waals surface area contributed by atoms with E-state index in [0.717, 1.165) is 6.42 Å². The number of carbonyl (C=O) groups is 1. The molecule has 0 saturated carbocycles. The minimum absolute atomic E-state index is 0.0173. The van der Waals surface area contributed by atoms with E-state index in [1.54, 1.807) is 13.8 Å². The SMILES string of the molecule is CCOC(=O)c1c(C)[nH]c(=S)c([N+](=O)[O-])c1NC(C)CC. The fourth-order valence-corrected chi connectivity index (χ4v) is 2.16. The third-order valence-electron chi connectivity index (χ3n) is 3.04. The van der Waals surface area contributed by atoms with Crippen molar-refractivity contribution in [2.75, 3.05) is 11.9 Å². The number of carbonyl (C=O) groups excluding carboxylic acids is 1. The Bertz CT molecular complexity index is 612. The van der Waals surface area contributed by atoms with Crippen LogP contribution in [0.2, 0.25) is 0 Å². The van der Waals surface area contributed by atoms with E-state index in [-0.39, 0.29) is 34.2 Å². The molecule has 2 N–H and O–H groups in total. The molecule has 7 nitrogen and oxygen atoms in total. The third kappa shape index (κ3) is 3.78. The zero-order valence-electron chi connectivity index (χ0n) is 12.5. The summed E-state index contributed by atoms with van der Waals surface area (Å²) in [5.74, 6) is -0.616. The Morgan fingerprint density at radius 1 is 1.52 bits per heavy atom. The molecule has 8 heteroatoms. The number of pyridine rings is 1. The highest BCUT2D eigenvalue weighted by Gasteiger charge is 2.28. The average molecular weight is 313 g/mol. The molecule has 0 aliphatic rings. The first kappa shape index (κ1) is 17.1. The van der Waals surface area contributed by atoms with Crippen molar-refractivity contribution in [1.29, 1.82) is 0 Å². The minimum Gasteiger partial charge on any atom is -0.462 e. The van der Waals surface area contributed by atoms with Crippen molar-refractivity contribution in [2.24, 2.45) is 0 Å². The van der Waals surface area contributed by atoms with Crippen LogP contribution in [0.25, 0.3) is 0 Å². The van der Waals surface area contributed by atoms with Gasteiger partial charge in [0.25, 0.3) is 0 Å². The van der Waals surface area contributed by atoms with Crippen molar-refractivity contribution in [3.63, 3.8) is 0 Å². The number of hydrogen-bond donors (Lipinski definition) is 2. The molecule has 1 aromatic heterocycles. The van der Waals surface area contributed by atoms with Crippen molar-refractivity contribution in [1.82, 2.24) is 4.98 Å². The molecule has 0 bridgehead atoms. The van der Waals surface area contributed by atoms with E-state index in [2.05, 4.69) is 10.3 Å². The molecule has 0 radical (unpaired) electrons. The summed E-state index contributed by atoms with van der Waals surface area (Å²) in [5.41, 5.74) is 0.375. The van der Waals surface area contributed by atoms with Crippen molar-refractivity contribution < 1.29 is 14.5 Å². The van der Waals surface area contributed by atoms with Gasteiger partial charge in [0.1, 0.15) is 11.3 Å². The number of anilines is 1. The lowest BCUT2D eigenvalue weighted by Crippen LogP contribution is -2.20. The number of aromatic amines is 1. The lowest BCUT2D eigenvalue weighted by molar-refractivity contribution is -0.384. The van der Waals surface area contributed by atoms with Gasteiger partial charge in [0.2, 0.25) is 0 Å². The summed E-state index contributed by atoms with van der Waals surface area (Å²) in [5, 5.41) is 14.3. The molecular formula is C13H19N3O4S. The van der Waals surface area contributed by atoms with E-state index in [1.807, 2.05) is 13.8 Å². The predicted octanol–water partition coefficient (Wildman–Crippen LogP) is 3.35. The molecule has 0 spiro atoms. The van der Waals surface area contributed by atoms with Gasteiger partial charge in [-0.1, -0.05) is 19.1 Å². The van der Waals surface area contributed by atoms with Gasteiger partial charge in [-0.3, -0.25) is 10.1 Å². The standard InChI is InChI=1S/C13H19N3O4S/c1-5-7(3)14-10-9(13(17)20-6-2)8(4)15-12(21)11(10)16(18)19/h7H,5-6H2,1-4H3,(H2,14,15,21). The number of nitrogens with one attached hydrogen (secondary N) is 2. The molecule has 0 aliphatic heterocycles. The molecule has 0 aromatic carbocycles. The van der Waals surface area contributed by atoms with E-state index >= 15 is 0 Å². The topological polar surface area (TPSA) is 97.3 Å². The summed E-state index contributed by atoms with van der Waals surface area (Å²) in [7, 11) is 0. The first-order valence-corrected chi connectivity index (χ1v) is 7.09. The Hall–Kier alpha value is -1.96. The predicted molar refractivity (Wildman–Crippen MR) is 82.4 cm³/mol. The fraction of sp³-hybridized carbons (Fsp3) is 0.538. The Morgan fingerprint density at radius 3 is 2.62 bits per heavy atom. The van der Waals surface area contributed by atoms with Crippen LogP contribution in [0, 0.1) is 21.7 Å². The van der Waals surface area contributed by atoms with Gasteiger partial charge in [-0.15, -0.1) is 0 Å². The van der Waals surface area contributed by atoms with Crippen LogP contribution in [0.4, 0.5) is 11.4 Å². The van der Waals surface area contributed by atoms with Crippen LogP contribution in [0.1, 0.15) is 43.2 Å². The molecule has 1 atom stereocenters. The van der Waals surface area contributed by atoms with Crippen molar-refractivity contribution in [3.8, 4) is 0 Å². The summed E-state index contributed by atoms with van der Waals surface area (Å²) < 4.78 is 4.97. The van der Waals surface area contributed by atoms with E-state index in [4.69, 9.17) is 17.0 Å². The zero-order valence-corrected chi connectivity index (χ0v) is 13.3. The first-order valence-electron chi connectivity index (χ1n) is 6.68. The number of hydrogen-bond acceptors (Lipinski definition) is 6. The average Bonchev–Trinajstić information content (AvgIpc) is 2.37. The normalized spacial score (nSPS) is 11.8. The maximum absolute atomic E-state index is 12.1. The van der Waals surface area contributed by atoms with Gasteiger partial charge >= 0.3 is 11.7 Å². The summed E-state index contributed by atoms with van der Waals surface area (Å²) in [6, 6.07) is -0.0481. The maximum Gasteiger partial charge on any atom is 0.342 e. The second-order valence-electron chi connectivity index (χ2n) is 4.61. The Morgan fingerprint density at radius 2 is 2.14 bits per heavy atom. The number of rotatable bonds is 6. The smallest absolute Gasteiger partial charge is 0.342 e. The van der Waals surface area contributed by atoms with Crippen molar-refractivity contribution >= 4 is 29.6 Å². The van der Waals surface area contributed by atoms with Crippen LogP contribution in [0.5, 0.6) is 0 Å². The van der Waals surface area contributed by atoms with Crippen LogP contribution in [0.3, 0.4) is 0 Å². The van der Waals surface area contributed by atoms with Gasteiger partial charge in [-0.2, -0.15) is 0 Å². The molecule has 0 saturated heterocycles. The van der Waals surface area contributed by atoms with Crippen molar-refractivity contribution in [3.05, 3.63) is 26.0 Å². The molecule has 1 rings (SSSR count). The van der Waals surface area contributed by atoms with Crippen LogP contribution in [0.15, 0.2) is 0 Å². The molecule has 0 fully saturated rings. The quantitative estimate of drug-likeness (QED) is 0.362. The highest BCUT2D eigenvalue weighted by Crippen LogP contribution is 2.32. The number of esters is 1. The lowest BCUT2D eigenvalue weighted by atomic mass is 10.1. The number of ether oxygens (including phenoxy) is 1. The molecule has 21 heavy (non-hydrogen) atoms. The molecule has 1 heterocycles. The van der Waals surface area contributed by atoms with Crippen molar-refractivity contribution in [2.45, 2.75) is 40.2 Å². The summed E-state index contributed by atoms with van der Waals surface area (Å²) >= 11 is 5.01. The van der Waals surface area contributed by atoms with Crippen LogP contribution in [-0.4, -0.2) is 28.5 Å². The summed E-state index contributed by atoms with van der Waals surface area (Å²) in [4.78, 5) is 25.5. The second-order valence-corrected chi connectivity index (χ2v) is 5.02. The van der Waals surface area contributed by atoms with E-state index in [0.29, 0.717) is 5.69 Å². The molecule has 0 amide bonds. The van der Waals surface area contributed by atoms with Gasteiger partial charge in [-0.05, 0) is 27.2 Å². The summed E-state index contributed by atoms with van der Waals surface area (Å²) in [6.07, 6.45) is 0.740. The Labute approximate surface area is 127 Å². The largest absolute Gasteiger partial charge is 0.462 e. The highest BCUT2D eigenvalue weighted by atomic mass is 32.1. The summed E-state index contributed by atoms with van der Waals surface area (Å²) in [6.45, 7) is 7.30. The highest BCUT2D eigenvalue weighted by molar-refractivity contribution is 7.71. The van der Waals surface area contributed by atoms with Gasteiger partial charge < -0.3 is 15.0 Å². The van der Waals surface area contributed by atoms with Crippen LogP contribution < -0.4 is 5.32 Å². The van der Waals surface area contributed by atoms with Gasteiger partial charge in [0, 0.05) is 11.7 Å². The number of aromatic nitrogens is 1. The molecule has 1 unspecified atom stereocenters. The van der Waals surface area contributed by atoms with Crippen LogP contribution in [-0.2, 0) is 4.74 Å². The monoisotopic (exact) mass is 313 g/mol. The number of nitro groups is 1. The van der Waals surface area contributed by atoms with Gasteiger partial charge in [0.05, 0.1) is 11.5 Å². The third-order valence-corrected chi connectivity index (χ3v) is 3.34. The zero-order chi connectivity index (χ0) is 16.2.